The van der Waals surface area contributed by atoms with E-state index in [-0.39, 0.29) is 171 Å². The topological polar surface area (TPSA) is 0 Å². The van der Waals surface area contributed by atoms with Gasteiger partial charge in [0.1, 0.15) is 0 Å². The molecule has 0 bridgehead atoms. The van der Waals surface area contributed by atoms with E-state index in [0.29, 0.717) is 0 Å². The molecule has 0 saturated heterocycles. The van der Waals surface area contributed by atoms with Crippen molar-refractivity contribution in [3.8, 4) is 0 Å². The molecule has 0 aliphatic heterocycles. The van der Waals surface area contributed by atoms with Crippen molar-refractivity contribution in [2.45, 2.75) is 0 Å². The van der Waals surface area contributed by atoms with E-state index in [0.717, 1.165) is 0 Å². The van der Waals surface area contributed by atoms with Crippen LogP contribution in [0.1, 0.15) is 0 Å². The van der Waals surface area contributed by atoms with Crippen molar-refractivity contribution >= 4 is 0 Å². The third kappa shape index (κ3) is 17.7. The molecule has 2 radical (unpaired) electrons. The monoisotopic (exact) mass is 690 g/mol. The summed E-state index contributed by atoms with van der Waals surface area (Å²) in [7, 11) is 0. The van der Waals surface area contributed by atoms with E-state index in [4.69, 9.17) is 0 Å². The van der Waals surface area contributed by atoms with Crippen molar-refractivity contribution in [1.29, 1.82) is 0 Å². The van der Waals surface area contributed by atoms with E-state index in [9.17, 15) is 0 Å². The Balaban J connectivity index is 0. The molecule has 0 amide bonds. The average Bonchev–Trinajstić information content (AvgIpc) is 0. The Bertz CT molecular complexity index is 11.6. The third-order valence-electron chi connectivity index (χ3n) is 0. The van der Waals surface area contributed by atoms with Crippen LogP contribution in [-0.4, -0.2) is 0 Å². The van der Waals surface area contributed by atoms with E-state index in [1.54, 1.807) is 0 Å². The maximum absolute atomic E-state index is 0. The van der Waals surface area contributed by atoms with E-state index in [1.807, 2.05) is 0 Å². The number of hydrogen-bond donors (Lipinski definition) is 0. The molecule has 0 heterocycles. The zero-order valence-corrected chi connectivity index (χ0v) is 19.2. The van der Waals surface area contributed by atoms with Crippen LogP contribution >= 0.6 is 0 Å². The Kier molecular flexibility index (Phi) is 140. The van der Waals surface area contributed by atoms with Crippen molar-refractivity contribution < 1.29 is 171 Å². The largest absolute Gasteiger partial charge is 0 e. The Morgan fingerprint density at radius 1 is 1.00 bits per heavy atom. The van der Waals surface area contributed by atoms with Gasteiger partial charge in [0.15, 0.2) is 0 Å². The molecule has 0 aromatic carbocycles. The average molecular weight is 690 g/mol. The molecule has 0 aliphatic carbocycles. The van der Waals surface area contributed by atoms with E-state index >= 15 is 0 Å². The van der Waals surface area contributed by atoms with E-state index < -0.39 is 0 Å². The smallest absolute Gasteiger partial charge is 0 e. The molecule has 0 rings (SSSR count). The molecule has 5 heavy (non-hydrogen) atoms. The van der Waals surface area contributed by atoms with Crippen LogP contribution in [0.2, 0.25) is 0 Å². The van der Waals surface area contributed by atoms with Crippen LogP contribution < -0.4 is 0 Å². The molecule has 0 aliphatic rings. The quantitative estimate of drug-likeness (QED) is 0.315. The first-order chi connectivity index (χ1) is 0. The van der Waals surface area contributed by atoms with Crippen LogP contribution in [0.5, 0.6) is 0 Å². The SMILES string of the molecule is [Ce].[Hf].[La].[Pr].[Zr]. The molecule has 5 heteroatoms. The summed E-state index contributed by atoms with van der Waals surface area (Å²) < 4.78 is 0. The minimum absolute atomic E-state index is 0. The molecule has 0 fully saturated rings. The standard InChI is InChI=1S/Ce.Hf.La.Pr.Zr. The molecule has 0 spiro atoms. The number of rotatable bonds is 0. The summed E-state index contributed by atoms with van der Waals surface area (Å²) in [5, 5.41) is 0. The zero-order valence-electron chi connectivity index (χ0n) is 2.65. The number of hydrogen-bond acceptors (Lipinski definition) is 0. The molecule has 0 aromatic rings. The van der Waals surface area contributed by atoms with Gasteiger partial charge in [-0.2, -0.15) is 0 Å². The third-order valence-corrected chi connectivity index (χ3v) is 0. The van der Waals surface area contributed by atoms with Crippen LogP contribution in [0.15, 0.2) is 0 Å². The van der Waals surface area contributed by atoms with Crippen molar-refractivity contribution in [3.63, 3.8) is 0 Å². The molecule has 0 nitrogen and oxygen atoms in total. The van der Waals surface area contributed by atoms with E-state index in [2.05, 4.69) is 0 Å². The Labute approximate surface area is 165 Å². The van der Waals surface area contributed by atoms with Gasteiger partial charge in [0.25, 0.3) is 0 Å². The van der Waals surface area contributed by atoms with Crippen molar-refractivity contribution in [2.75, 3.05) is 0 Å². The fourth-order valence-electron chi connectivity index (χ4n) is 0. The van der Waals surface area contributed by atoms with Crippen LogP contribution in [0.4, 0.5) is 0 Å². The minimum Gasteiger partial charge on any atom is 0 e. The van der Waals surface area contributed by atoms with Crippen LogP contribution in [-0.2, 0) is 52.0 Å². The van der Waals surface area contributed by atoms with Crippen molar-refractivity contribution in [2.24, 2.45) is 0 Å². The van der Waals surface area contributed by atoms with Crippen molar-refractivity contribution in [1.82, 2.24) is 0 Å². The van der Waals surface area contributed by atoms with Gasteiger partial charge in [-0.1, -0.05) is 0 Å². The van der Waals surface area contributed by atoms with Gasteiger partial charge in [-0.25, -0.2) is 0 Å². The van der Waals surface area contributed by atoms with E-state index in [1.165, 1.54) is 0 Å². The summed E-state index contributed by atoms with van der Waals surface area (Å²) in [5.74, 6) is 0. The first-order valence-electron chi connectivity index (χ1n) is 0. The fraction of sp³-hybridized carbons (Fsp3) is 0. The van der Waals surface area contributed by atoms with Gasteiger partial charge in [-0.15, -0.1) is 0 Å². The Morgan fingerprint density at radius 3 is 1.00 bits per heavy atom. The van der Waals surface area contributed by atoms with Crippen molar-refractivity contribution in [3.05, 3.63) is 0 Å². The molecular weight excluding hydrogens is 690 g/mol. The van der Waals surface area contributed by atoms with Crippen LogP contribution in [0, 0.1) is 119 Å². The molecular formula is CeHfLaPrZr. The summed E-state index contributed by atoms with van der Waals surface area (Å²) in [4.78, 5) is 0. The van der Waals surface area contributed by atoms with Crippen LogP contribution in [0.3, 0.4) is 0 Å². The minimum atomic E-state index is 0. The molecule has 0 aromatic heterocycles. The summed E-state index contributed by atoms with van der Waals surface area (Å²) in [5.41, 5.74) is 0. The summed E-state index contributed by atoms with van der Waals surface area (Å²) in [6, 6.07) is 0. The predicted molar refractivity (Wildman–Crippen MR) is 0 cm³/mol. The maximum Gasteiger partial charge on any atom is 0 e. The second-order valence-corrected chi connectivity index (χ2v) is 0. The first kappa shape index (κ1) is 31.0. The zero-order chi connectivity index (χ0) is 0. The van der Waals surface area contributed by atoms with Gasteiger partial charge in [-0.05, 0) is 0 Å². The van der Waals surface area contributed by atoms with Gasteiger partial charge in [-0.3, -0.25) is 0 Å². The second kappa shape index (κ2) is 22.6. The predicted octanol–water partition coefficient (Wildman–Crippen LogP) is -0.00500. The summed E-state index contributed by atoms with van der Waals surface area (Å²) in [6.45, 7) is 0. The molecule has 0 saturated carbocycles. The first-order valence-corrected chi connectivity index (χ1v) is 0. The Morgan fingerprint density at radius 2 is 1.00 bits per heavy atom. The summed E-state index contributed by atoms with van der Waals surface area (Å²) >= 11 is 0. The normalized spacial score (nSPS) is 0. The Hall–Kier alpha value is 5.69. The van der Waals surface area contributed by atoms with Crippen LogP contribution in [0.25, 0.3) is 0 Å². The van der Waals surface area contributed by atoms with Gasteiger partial charge >= 0.3 is 0 Å². The van der Waals surface area contributed by atoms with Gasteiger partial charge in [0.2, 0.25) is 0 Å². The summed E-state index contributed by atoms with van der Waals surface area (Å²) in [6.07, 6.45) is 0. The molecule has 0 atom stereocenters. The molecule has 18 valence electrons. The van der Waals surface area contributed by atoms with Gasteiger partial charge < -0.3 is 0 Å². The van der Waals surface area contributed by atoms with Gasteiger partial charge in [0.05, 0.1) is 0 Å². The molecule has 0 unspecified atom stereocenters. The molecule has 0 N–H and O–H groups in total. The maximum atomic E-state index is 0. The van der Waals surface area contributed by atoms with Gasteiger partial charge in [0, 0.05) is 171 Å². The fourth-order valence-corrected chi connectivity index (χ4v) is 0. The second-order valence-electron chi connectivity index (χ2n) is 0.